The molecule has 3 N–H and O–H groups in total. The number of anilines is 1. The van der Waals surface area contributed by atoms with Gasteiger partial charge in [0.05, 0.1) is 0 Å². The second-order valence-corrected chi connectivity index (χ2v) is 7.17. The van der Waals surface area contributed by atoms with Crippen molar-refractivity contribution in [2.45, 2.75) is 32.9 Å². The maximum absolute atomic E-state index is 12.3. The zero-order valence-corrected chi connectivity index (χ0v) is 16.5. The van der Waals surface area contributed by atoms with Crippen LogP contribution in [0.4, 0.5) is 10.5 Å². The molecule has 28 heavy (non-hydrogen) atoms. The van der Waals surface area contributed by atoms with Gasteiger partial charge >= 0.3 is 6.09 Å². The zero-order valence-electron chi connectivity index (χ0n) is 16.5. The van der Waals surface area contributed by atoms with Crippen LogP contribution >= 0.6 is 0 Å². The molecule has 0 spiro atoms. The highest BCUT2D eigenvalue weighted by Crippen LogP contribution is 2.13. The highest BCUT2D eigenvalue weighted by molar-refractivity contribution is 5.95. The van der Waals surface area contributed by atoms with Gasteiger partial charge in [-0.3, -0.25) is 14.9 Å². The van der Waals surface area contributed by atoms with E-state index in [2.05, 4.69) is 16.0 Å². The van der Waals surface area contributed by atoms with E-state index in [9.17, 15) is 14.4 Å². The van der Waals surface area contributed by atoms with Crippen LogP contribution < -0.4 is 16.0 Å². The van der Waals surface area contributed by atoms with Crippen LogP contribution in [0.25, 0.3) is 0 Å². The van der Waals surface area contributed by atoms with Crippen molar-refractivity contribution in [2.24, 2.45) is 0 Å². The summed E-state index contributed by atoms with van der Waals surface area (Å²) in [5.41, 5.74) is 1.75. The summed E-state index contributed by atoms with van der Waals surface area (Å²) >= 11 is 0. The predicted octanol–water partition coefficient (Wildman–Crippen LogP) is 3.32. The Hall–Kier alpha value is -3.35. The van der Waals surface area contributed by atoms with Gasteiger partial charge in [0.2, 0.25) is 0 Å². The molecule has 2 aromatic carbocycles. The Morgan fingerprint density at radius 3 is 2.21 bits per heavy atom. The van der Waals surface area contributed by atoms with Gasteiger partial charge in [-0.1, -0.05) is 12.1 Å². The minimum absolute atomic E-state index is 0.179. The highest BCUT2D eigenvalue weighted by atomic mass is 16.6. The summed E-state index contributed by atoms with van der Waals surface area (Å²) in [6, 6.07) is 13.5. The summed E-state index contributed by atoms with van der Waals surface area (Å²) in [6.07, 6.45) is -0.555. The summed E-state index contributed by atoms with van der Waals surface area (Å²) in [5, 5.41) is 7.99. The topological polar surface area (TPSA) is 96.5 Å². The molecule has 2 rings (SSSR count). The maximum Gasteiger partial charge on any atom is 0.412 e. The van der Waals surface area contributed by atoms with Crippen molar-refractivity contribution in [3.8, 4) is 0 Å². The van der Waals surface area contributed by atoms with Crippen LogP contribution in [0.5, 0.6) is 0 Å². The fraction of sp³-hybridized carbons (Fsp3) is 0.286. The average Bonchev–Trinajstić information content (AvgIpc) is 2.64. The van der Waals surface area contributed by atoms with Crippen molar-refractivity contribution in [1.82, 2.24) is 10.6 Å². The van der Waals surface area contributed by atoms with E-state index in [1.165, 1.54) is 0 Å². The van der Waals surface area contributed by atoms with Crippen LogP contribution in [0.3, 0.4) is 0 Å². The lowest BCUT2D eigenvalue weighted by Gasteiger charge is -2.19. The molecule has 0 atom stereocenters. The van der Waals surface area contributed by atoms with Gasteiger partial charge in [0.1, 0.15) is 5.60 Å². The third kappa shape index (κ3) is 6.42. The molecule has 0 saturated heterocycles. The zero-order chi connectivity index (χ0) is 20.7. The summed E-state index contributed by atoms with van der Waals surface area (Å²) in [4.78, 5) is 35.7. The van der Waals surface area contributed by atoms with Crippen molar-refractivity contribution in [3.05, 3.63) is 65.2 Å². The van der Waals surface area contributed by atoms with E-state index in [0.29, 0.717) is 23.4 Å². The van der Waals surface area contributed by atoms with E-state index in [1.54, 1.807) is 70.3 Å². The van der Waals surface area contributed by atoms with Crippen LogP contribution in [-0.2, 0) is 11.3 Å². The Morgan fingerprint density at radius 2 is 1.61 bits per heavy atom. The van der Waals surface area contributed by atoms with E-state index >= 15 is 0 Å². The molecule has 0 heterocycles. The summed E-state index contributed by atoms with van der Waals surface area (Å²) in [5.74, 6) is -0.435. The molecule has 0 unspecified atom stereocenters. The number of hydrogen-bond acceptors (Lipinski definition) is 4. The molecule has 0 radical (unpaired) electrons. The lowest BCUT2D eigenvalue weighted by Crippen LogP contribution is -2.27. The standard InChI is InChI=1S/C21H25N3O4/c1-21(2,3)28-20(27)24-17-10-8-15(9-11-17)19(26)23-13-14-6-5-7-16(12-14)18(25)22-4/h5-12H,13H2,1-4H3,(H,22,25)(H,23,26)(H,24,27). The first-order valence-corrected chi connectivity index (χ1v) is 8.87. The SMILES string of the molecule is CNC(=O)c1cccc(CNC(=O)c2ccc(NC(=O)OC(C)(C)C)cc2)c1. The van der Waals surface area contributed by atoms with E-state index in [1.807, 2.05) is 6.07 Å². The largest absolute Gasteiger partial charge is 0.444 e. The molecule has 3 amide bonds. The second-order valence-electron chi connectivity index (χ2n) is 7.17. The molecule has 7 heteroatoms. The minimum Gasteiger partial charge on any atom is -0.444 e. The quantitative estimate of drug-likeness (QED) is 0.738. The third-order valence-corrected chi connectivity index (χ3v) is 3.66. The Bertz CT molecular complexity index is 855. The lowest BCUT2D eigenvalue weighted by atomic mass is 10.1. The number of hydrogen-bond donors (Lipinski definition) is 3. The smallest absolute Gasteiger partial charge is 0.412 e. The minimum atomic E-state index is -0.584. The normalized spacial score (nSPS) is 10.7. The van der Waals surface area contributed by atoms with Crippen molar-refractivity contribution in [2.75, 3.05) is 12.4 Å². The molecule has 0 aromatic heterocycles. The molecule has 7 nitrogen and oxygen atoms in total. The molecule has 148 valence electrons. The van der Waals surface area contributed by atoms with Gasteiger partial charge in [0.25, 0.3) is 11.8 Å². The summed E-state index contributed by atoms with van der Waals surface area (Å²) in [6.45, 7) is 5.64. The van der Waals surface area contributed by atoms with Crippen LogP contribution in [0, 0.1) is 0 Å². The molecule has 0 bridgehead atoms. The average molecular weight is 383 g/mol. The van der Waals surface area contributed by atoms with Gasteiger partial charge in [-0.15, -0.1) is 0 Å². The Morgan fingerprint density at radius 1 is 0.929 bits per heavy atom. The summed E-state index contributed by atoms with van der Waals surface area (Å²) in [7, 11) is 1.57. The Balaban J connectivity index is 1.93. The van der Waals surface area contributed by atoms with Crippen molar-refractivity contribution < 1.29 is 19.1 Å². The molecule has 0 aliphatic carbocycles. The van der Waals surface area contributed by atoms with Crippen molar-refractivity contribution in [3.63, 3.8) is 0 Å². The van der Waals surface area contributed by atoms with E-state index in [0.717, 1.165) is 5.56 Å². The molecular formula is C21H25N3O4. The van der Waals surface area contributed by atoms with Crippen LogP contribution in [0.15, 0.2) is 48.5 Å². The van der Waals surface area contributed by atoms with Gasteiger partial charge in [-0.2, -0.15) is 0 Å². The number of carbonyl (C=O) groups excluding carboxylic acids is 3. The van der Waals surface area contributed by atoms with E-state index in [4.69, 9.17) is 4.74 Å². The van der Waals surface area contributed by atoms with Gasteiger partial charge in [0.15, 0.2) is 0 Å². The Labute approximate surface area is 164 Å². The molecular weight excluding hydrogens is 358 g/mol. The fourth-order valence-corrected chi connectivity index (χ4v) is 2.38. The summed E-state index contributed by atoms with van der Waals surface area (Å²) < 4.78 is 5.18. The number of amides is 3. The lowest BCUT2D eigenvalue weighted by molar-refractivity contribution is 0.0635. The van der Waals surface area contributed by atoms with Crippen LogP contribution in [0.1, 0.15) is 47.1 Å². The number of benzene rings is 2. The predicted molar refractivity (Wildman–Crippen MR) is 107 cm³/mol. The molecule has 0 aliphatic heterocycles. The number of rotatable bonds is 5. The molecule has 0 saturated carbocycles. The highest BCUT2D eigenvalue weighted by Gasteiger charge is 2.16. The number of nitrogens with one attached hydrogen (secondary N) is 3. The third-order valence-electron chi connectivity index (χ3n) is 3.66. The van der Waals surface area contributed by atoms with E-state index < -0.39 is 11.7 Å². The first-order chi connectivity index (χ1) is 13.2. The maximum atomic E-state index is 12.3. The monoisotopic (exact) mass is 383 g/mol. The molecule has 0 aliphatic rings. The van der Waals surface area contributed by atoms with Gasteiger partial charge in [-0.25, -0.2) is 4.79 Å². The first kappa shape index (κ1) is 21.0. The second kappa shape index (κ2) is 9.03. The van der Waals surface area contributed by atoms with Gasteiger partial charge < -0.3 is 15.4 Å². The molecule has 0 fully saturated rings. The first-order valence-electron chi connectivity index (χ1n) is 8.87. The fourth-order valence-electron chi connectivity index (χ4n) is 2.38. The van der Waals surface area contributed by atoms with E-state index in [-0.39, 0.29) is 11.8 Å². The van der Waals surface area contributed by atoms with Gasteiger partial charge in [0, 0.05) is 30.4 Å². The number of carbonyl (C=O) groups is 3. The number of ether oxygens (including phenoxy) is 1. The van der Waals surface area contributed by atoms with Crippen LogP contribution in [-0.4, -0.2) is 30.6 Å². The molecule has 2 aromatic rings. The van der Waals surface area contributed by atoms with Crippen molar-refractivity contribution >= 4 is 23.6 Å². The van der Waals surface area contributed by atoms with Gasteiger partial charge in [-0.05, 0) is 62.7 Å². The van der Waals surface area contributed by atoms with Crippen molar-refractivity contribution in [1.29, 1.82) is 0 Å². The Kier molecular flexibility index (Phi) is 6.76. The van der Waals surface area contributed by atoms with Crippen LogP contribution in [0.2, 0.25) is 0 Å².